The average molecular weight is 475 g/mol. The van der Waals surface area contributed by atoms with Gasteiger partial charge in [0.25, 0.3) is 0 Å². The Kier molecular flexibility index (Phi) is 7.47. The Morgan fingerprint density at radius 3 is 1.76 bits per heavy atom. The van der Waals surface area contributed by atoms with E-state index in [0.29, 0.717) is 16.2 Å². The van der Waals surface area contributed by atoms with E-state index in [2.05, 4.69) is 46.9 Å². The summed E-state index contributed by atoms with van der Waals surface area (Å²) in [5, 5.41) is 16.9. The summed E-state index contributed by atoms with van der Waals surface area (Å²) in [6.07, 6.45) is 3.80. The van der Waals surface area contributed by atoms with Gasteiger partial charge in [0.05, 0.1) is 7.11 Å². The van der Waals surface area contributed by atoms with Gasteiger partial charge in [-0.2, -0.15) is 4.57 Å². The molecule has 0 saturated carbocycles. The van der Waals surface area contributed by atoms with Gasteiger partial charge >= 0.3 is 0 Å². The molecule has 5 heteroatoms. The molecule has 1 aromatic heterocycles. The molecule has 0 spiro atoms. The van der Waals surface area contributed by atoms with Gasteiger partial charge in [0.15, 0.2) is 17.4 Å². The fourth-order valence-electron chi connectivity index (χ4n) is 3.54. The molecule has 0 amide bonds. The van der Waals surface area contributed by atoms with E-state index < -0.39 is 0 Å². The van der Waals surface area contributed by atoms with E-state index in [0.717, 1.165) is 11.4 Å². The number of rotatable bonds is 5. The average Bonchev–Trinajstić information content (AvgIpc) is 2.79. The van der Waals surface area contributed by atoms with E-state index >= 15 is 0 Å². The number of ether oxygens (including phenoxy) is 1. The smallest absolute Gasteiger partial charge is 0.238 e. The highest BCUT2D eigenvalue weighted by atomic mass is 32.1. The van der Waals surface area contributed by atoms with Gasteiger partial charge < -0.3 is 15.2 Å². The van der Waals surface area contributed by atoms with Crippen LogP contribution in [0.25, 0.3) is 11.5 Å². The molecular formula is C29H34N2O2S. The summed E-state index contributed by atoms with van der Waals surface area (Å²) in [6, 6.07) is 19.3. The minimum Gasteiger partial charge on any atom is -0.867 e. The van der Waals surface area contributed by atoms with Crippen LogP contribution in [0.5, 0.6) is 5.75 Å². The third-order valence-corrected chi connectivity index (χ3v) is 6.04. The second-order valence-corrected chi connectivity index (χ2v) is 10.8. The first kappa shape index (κ1) is 25.4. The molecule has 0 aliphatic carbocycles. The summed E-state index contributed by atoms with van der Waals surface area (Å²) in [6.45, 7) is 12.9. The summed E-state index contributed by atoms with van der Waals surface area (Å²) in [7, 11) is 1.63. The van der Waals surface area contributed by atoms with Gasteiger partial charge in [-0.15, -0.1) is 0 Å². The van der Waals surface area contributed by atoms with Crippen LogP contribution in [0.2, 0.25) is 0 Å². The minimum atomic E-state index is -0.139. The molecule has 0 unspecified atom stereocenters. The third-order valence-electron chi connectivity index (χ3n) is 5.74. The summed E-state index contributed by atoms with van der Waals surface area (Å²) >= 11 is 5.75. The Labute approximate surface area is 208 Å². The van der Waals surface area contributed by atoms with Crippen molar-refractivity contribution >= 4 is 34.3 Å². The number of anilines is 1. The topological polar surface area (TPSA) is 48.2 Å². The normalized spacial score (nSPS) is 12.7. The zero-order valence-electron chi connectivity index (χ0n) is 21.1. The lowest BCUT2D eigenvalue weighted by Gasteiger charge is -2.21. The first-order chi connectivity index (χ1) is 15.9. The maximum Gasteiger partial charge on any atom is 0.238 e. The second-order valence-electron chi connectivity index (χ2n) is 10.4. The molecule has 0 aliphatic heterocycles. The zero-order chi connectivity index (χ0) is 25.1. The van der Waals surface area contributed by atoms with Crippen LogP contribution in [0.15, 0.2) is 73.1 Å². The van der Waals surface area contributed by atoms with Gasteiger partial charge in [-0.1, -0.05) is 78.0 Å². The van der Waals surface area contributed by atoms with Crippen molar-refractivity contribution in [2.45, 2.75) is 52.4 Å². The molecule has 2 aromatic carbocycles. The van der Waals surface area contributed by atoms with Gasteiger partial charge in [0.1, 0.15) is 5.75 Å². The van der Waals surface area contributed by atoms with Crippen molar-refractivity contribution in [1.82, 2.24) is 0 Å². The Morgan fingerprint density at radius 2 is 1.29 bits per heavy atom. The zero-order valence-corrected chi connectivity index (χ0v) is 21.9. The molecule has 178 valence electrons. The van der Waals surface area contributed by atoms with E-state index in [-0.39, 0.29) is 16.6 Å². The number of aromatic nitrogens is 1. The molecule has 0 bridgehead atoms. The molecule has 0 radical (unpaired) electrons. The highest BCUT2D eigenvalue weighted by Gasteiger charge is 2.22. The number of methoxy groups -OCH3 is 1. The maximum atomic E-state index is 13.7. The van der Waals surface area contributed by atoms with Crippen LogP contribution >= 0.6 is 12.2 Å². The minimum absolute atomic E-state index is 0.00784. The molecule has 3 rings (SSSR count). The standard InChI is InChI=1S/C29H34N2O2S/c1-28(2,3)21-10-8-20(9-11-21)26(32)25(31-18-16-22(17-19-31)29(4,5)6)27(34)30-23-12-14-24(33-7)15-13-23/h8-19H,1-7H3,(H-,30,32,34). The molecule has 34 heavy (non-hydrogen) atoms. The summed E-state index contributed by atoms with van der Waals surface area (Å²) in [5.41, 5.74) is 4.14. The van der Waals surface area contributed by atoms with E-state index in [1.54, 1.807) is 11.7 Å². The molecule has 3 aromatic rings. The lowest BCUT2D eigenvalue weighted by Crippen LogP contribution is -2.40. The number of benzene rings is 2. The fourth-order valence-corrected chi connectivity index (χ4v) is 3.85. The Morgan fingerprint density at radius 1 is 0.794 bits per heavy atom. The van der Waals surface area contributed by atoms with Crippen molar-refractivity contribution in [3.63, 3.8) is 0 Å². The van der Waals surface area contributed by atoms with Gasteiger partial charge in [0, 0.05) is 17.8 Å². The van der Waals surface area contributed by atoms with Crippen molar-refractivity contribution in [3.8, 4) is 5.75 Å². The molecule has 0 saturated heterocycles. The number of hydrogen-bond acceptors (Lipinski definition) is 3. The predicted octanol–water partition coefficient (Wildman–Crippen LogP) is 5.70. The largest absolute Gasteiger partial charge is 0.867 e. The van der Waals surface area contributed by atoms with Gasteiger partial charge in [0.2, 0.25) is 5.70 Å². The first-order valence-corrected chi connectivity index (χ1v) is 11.8. The van der Waals surface area contributed by atoms with Crippen molar-refractivity contribution in [3.05, 3.63) is 89.7 Å². The fraction of sp³-hybridized carbons (Fsp3) is 0.310. The van der Waals surface area contributed by atoms with E-state index in [1.165, 1.54) is 11.1 Å². The lowest BCUT2D eigenvalue weighted by molar-refractivity contribution is -0.577. The number of hydrogen-bond donors (Lipinski definition) is 1. The van der Waals surface area contributed by atoms with Gasteiger partial charge in [-0.05, 0) is 57.5 Å². The molecular weight excluding hydrogens is 440 g/mol. The first-order valence-electron chi connectivity index (χ1n) is 11.4. The van der Waals surface area contributed by atoms with Crippen molar-refractivity contribution in [2.75, 3.05) is 12.4 Å². The van der Waals surface area contributed by atoms with E-state index in [1.807, 2.05) is 73.1 Å². The highest BCUT2D eigenvalue weighted by molar-refractivity contribution is 7.81. The van der Waals surface area contributed by atoms with Crippen LogP contribution < -0.4 is 19.7 Å². The molecule has 0 fully saturated rings. The summed E-state index contributed by atoms with van der Waals surface area (Å²) < 4.78 is 7.03. The lowest BCUT2D eigenvalue weighted by atomic mass is 9.86. The van der Waals surface area contributed by atoms with Crippen LogP contribution in [-0.4, -0.2) is 12.1 Å². The summed E-state index contributed by atoms with van der Waals surface area (Å²) in [5.74, 6) is 0.614. The molecule has 0 atom stereocenters. The van der Waals surface area contributed by atoms with Crippen molar-refractivity contribution in [1.29, 1.82) is 0 Å². The second kappa shape index (κ2) is 9.98. The molecule has 0 aliphatic rings. The Bertz CT molecular complexity index is 1170. The van der Waals surface area contributed by atoms with Gasteiger partial charge in [-0.25, -0.2) is 0 Å². The quantitative estimate of drug-likeness (QED) is 0.223. The summed E-state index contributed by atoms with van der Waals surface area (Å²) in [4.78, 5) is 0.351. The van der Waals surface area contributed by atoms with Crippen LogP contribution in [0.3, 0.4) is 0 Å². The van der Waals surface area contributed by atoms with Crippen molar-refractivity contribution < 1.29 is 14.4 Å². The number of nitrogens with zero attached hydrogens (tertiary/aromatic N) is 1. The molecule has 1 N–H and O–H groups in total. The third kappa shape index (κ3) is 6.03. The van der Waals surface area contributed by atoms with Crippen LogP contribution in [0.1, 0.15) is 58.2 Å². The number of nitrogens with one attached hydrogen (secondary N) is 1. The predicted molar refractivity (Wildman–Crippen MR) is 143 cm³/mol. The Balaban J connectivity index is 2.05. The van der Waals surface area contributed by atoms with E-state index in [4.69, 9.17) is 17.0 Å². The van der Waals surface area contributed by atoms with Crippen LogP contribution in [-0.2, 0) is 10.8 Å². The van der Waals surface area contributed by atoms with Crippen LogP contribution in [0.4, 0.5) is 5.69 Å². The van der Waals surface area contributed by atoms with Crippen LogP contribution in [0, 0.1) is 0 Å². The van der Waals surface area contributed by atoms with Crippen molar-refractivity contribution in [2.24, 2.45) is 0 Å². The number of thiocarbonyl (C=S) groups is 1. The number of pyridine rings is 1. The van der Waals surface area contributed by atoms with E-state index in [9.17, 15) is 5.11 Å². The van der Waals surface area contributed by atoms with Gasteiger partial charge in [-0.3, -0.25) is 0 Å². The maximum absolute atomic E-state index is 13.7. The molecule has 4 nitrogen and oxygen atoms in total. The highest BCUT2D eigenvalue weighted by Crippen LogP contribution is 2.25. The SMILES string of the molecule is COc1ccc(NC(=S)/C(=C(\[O-])c2ccc(C(C)(C)C)cc2)[n+]2ccc(C(C)(C)C)cc2)cc1. The monoisotopic (exact) mass is 474 g/mol. The molecule has 1 heterocycles. The Hall–Kier alpha value is -3.18.